The van der Waals surface area contributed by atoms with Crippen LogP contribution in [0.4, 0.5) is 0 Å². The van der Waals surface area contributed by atoms with Crippen molar-refractivity contribution in [2.24, 2.45) is 0 Å². The van der Waals surface area contributed by atoms with Crippen molar-refractivity contribution < 1.29 is 9.53 Å². The smallest absolute Gasteiger partial charge is 0.257 e. The van der Waals surface area contributed by atoms with E-state index in [-0.39, 0.29) is 12.5 Å². The van der Waals surface area contributed by atoms with E-state index in [1.807, 2.05) is 0 Å². The zero-order valence-electron chi connectivity index (χ0n) is 12.9. The maximum absolute atomic E-state index is 11.6. The molecule has 4 nitrogen and oxygen atoms in total. The van der Waals surface area contributed by atoms with Crippen molar-refractivity contribution >= 4 is 17.5 Å². The number of ether oxygens (including phenoxy) is 1. The van der Waals surface area contributed by atoms with E-state index in [1.165, 1.54) is 0 Å². The number of halogens is 1. The molecule has 0 bridgehead atoms. The van der Waals surface area contributed by atoms with E-state index in [1.54, 1.807) is 24.3 Å². The van der Waals surface area contributed by atoms with Gasteiger partial charge in [-0.25, -0.2) is 0 Å². The van der Waals surface area contributed by atoms with Crippen LogP contribution in [0.15, 0.2) is 24.3 Å². The fourth-order valence-corrected chi connectivity index (χ4v) is 2.08. The molecule has 0 aliphatic carbocycles. The third kappa shape index (κ3) is 7.93. The van der Waals surface area contributed by atoms with Gasteiger partial charge in [-0.05, 0) is 56.7 Å². The van der Waals surface area contributed by atoms with E-state index in [0.29, 0.717) is 17.3 Å². The van der Waals surface area contributed by atoms with Crippen molar-refractivity contribution in [2.75, 3.05) is 32.8 Å². The third-order valence-corrected chi connectivity index (χ3v) is 3.55. The minimum Gasteiger partial charge on any atom is -0.484 e. The maximum Gasteiger partial charge on any atom is 0.257 e. The molecule has 118 valence electrons. The summed E-state index contributed by atoms with van der Waals surface area (Å²) in [5.41, 5.74) is 0. The molecule has 0 saturated heterocycles. The van der Waals surface area contributed by atoms with E-state index >= 15 is 0 Å². The molecule has 1 N–H and O–H groups in total. The number of benzene rings is 1. The lowest BCUT2D eigenvalue weighted by atomic mass is 10.3. The average Bonchev–Trinajstić information content (AvgIpc) is 2.50. The summed E-state index contributed by atoms with van der Waals surface area (Å²) >= 11 is 5.78. The Morgan fingerprint density at radius 1 is 1.19 bits per heavy atom. The predicted octanol–water partition coefficient (Wildman–Crippen LogP) is 2.96. The van der Waals surface area contributed by atoms with Gasteiger partial charge in [0.25, 0.3) is 5.91 Å². The van der Waals surface area contributed by atoms with Crippen LogP contribution in [0.25, 0.3) is 0 Å². The van der Waals surface area contributed by atoms with Gasteiger partial charge in [-0.2, -0.15) is 0 Å². The third-order valence-electron chi connectivity index (χ3n) is 3.30. The van der Waals surface area contributed by atoms with Crippen LogP contribution >= 0.6 is 11.6 Å². The normalized spacial score (nSPS) is 10.7. The molecule has 0 heterocycles. The second-order valence-corrected chi connectivity index (χ2v) is 5.26. The van der Waals surface area contributed by atoms with E-state index in [9.17, 15) is 4.79 Å². The molecule has 0 aliphatic rings. The molecule has 1 rings (SSSR count). The largest absolute Gasteiger partial charge is 0.484 e. The molecule has 0 unspecified atom stereocenters. The lowest BCUT2D eigenvalue weighted by Crippen LogP contribution is -2.30. The van der Waals surface area contributed by atoms with E-state index in [0.717, 1.165) is 32.5 Å². The summed E-state index contributed by atoms with van der Waals surface area (Å²) in [7, 11) is 0. The molecule has 0 fully saturated rings. The van der Waals surface area contributed by atoms with Gasteiger partial charge in [-0.1, -0.05) is 25.4 Å². The maximum atomic E-state index is 11.6. The Morgan fingerprint density at radius 2 is 1.86 bits per heavy atom. The minimum atomic E-state index is -0.0900. The average molecular weight is 313 g/mol. The summed E-state index contributed by atoms with van der Waals surface area (Å²) in [5, 5.41) is 3.52. The minimum absolute atomic E-state index is 0.0394. The van der Waals surface area contributed by atoms with Gasteiger partial charge >= 0.3 is 0 Å². The van der Waals surface area contributed by atoms with Crippen LogP contribution in [0.2, 0.25) is 5.02 Å². The Kier molecular flexibility index (Phi) is 8.87. The van der Waals surface area contributed by atoms with Crippen molar-refractivity contribution in [1.82, 2.24) is 10.2 Å². The number of amides is 1. The molecule has 5 heteroatoms. The molecule has 0 spiro atoms. The monoisotopic (exact) mass is 312 g/mol. The fourth-order valence-electron chi connectivity index (χ4n) is 1.96. The van der Waals surface area contributed by atoms with Crippen molar-refractivity contribution in [3.05, 3.63) is 29.3 Å². The van der Waals surface area contributed by atoms with Gasteiger partial charge in [0.2, 0.25) is 0 Å². The highest BCUT2D eigenvalue weighted by atomic mass is 35.5. The summed E-state index contributed by atoms with van der Waals surface area (Å²) in [6.45, 7) is 8.32. The Bertz CT molecular complexity index is 405. The predicted molar refractivity (Wildman–Crippen MR) is 87.0 cm³/mol. The molecule has 1 amide bonds. The molecule has 0 aliphatic heterocycles. The molecule has 0 saturated carbocycles. The standard InChI is InChI=1S/C16H25ClN2O2/c1-3-19(4-2)12-6-5-11-18-16(20)13-21-15-9-7-14(17)8-10-15/h7-10H,3-6,11-13H2,1-2H3,(H,18,20). The number of rotatable bonds is 10. The Balaban J connectivity index is 2.07. The first kappa shape index (κ1) is 17.8. The number of carbonyl (C=O) groups excluding carboxylic acids is 1. The summed E-state index contributed by atoms with van der Waals surface area (Å²) in [6.07, 6.45) is 2.09. The highest BCUT2D eigenvalue weighted by Gasteiger charge is 2.03. The highest BCUT2D eigenvalue weighted by molar-refractivity contribution is 6.30. The van der Waals surface area contributed by atoms with Crippen molar-refractivity contribution in [2.45, 2.75) is 26.7 Å². The number of nitrogens with one attached hydrogen (secondary N) is 1. The van der Waals surface area contributed by atoms with Crippen LogP contribution in [-0.2, 0) is 4.79 Å². The molecule has 1 aromatic carbocycles. The van der Waals surface area contributed by atoms with Gasteiger partial charge in [-0.15, -0.1) is 0 Å². The van der Waals surface area contributed by atoms with Gasteiger partial charge in [0.05, 0.1) is 0 Å². The van der Waals surface area contributed by atoms with Crippen LogP contribution in [0.3, 0.4) is 0 Å². The van der Waals surface area contributed by atoms with Gasteiger partial charge in [0.15, 0.2) is 6.61 Å². The first-order valence-corrected chi connectivity index (χ1v) is 7.91. The van der Waals surface area contributed by atoms with Crippen LogP contribution in [-0.4, -0.2) is 43.6 Å². The first-order chi connectivity index (χ1) is 10.2. The zero-order chi connectivity index (χ0) is 15.5. The van der Waals surface area contributed by atoms with Crippen molar-refractivity contribution in [3.8, 4) is 5.75 Å². The van der Waals surface area contributed by atoms with E-state index in [2.05, 4.69) is 24.1 Å². The van der Waals surface area contributed by atoms with Gasteiger partial charge in [0, 0.05) is 11.6 Å². The van der Waals surface area contributed by atoms with Crippen LogP contribution in [0.1, 0.15) is 26.7 Å². The Morgan fingerprint density at radius 3 is 2.48 bits per heavy atom. The van der Waals surface area contributed by atoms with Crippen molar-refractivity contribution in [3.63, 3.8) is 0 Å². The van der Waals surface area contributed by atoms with Gasteiger partial charge in [0.1, 0.15) is 5.75 Å². The van der Waals surface area contributed by atoms with Crippen LogP contribution in [0.5, 0.6) is 5.75 Å². The number of hydrogen-bond donors (Lipinski definition) is 1. The summed E-state index contributed by atoms with van der Waals surface area (Å²) < 4.78 is 5.37. The Labute approximate surface area is 132 Å². The lowest BCUT2D eigenvalue weighted by Gasteiger charge is -2.17. The zero-order valence-corrected chi connectivity index (χ0v) is 13.7. The topological polar surface area (TPSA) is 41.6 Å². The number of carbonyl (C=O) groups is 1. The Hall–Kier alpha value is -1.26. The molecule has 0 atom stereocenters. The summed E-state index contributed by atoms with van der Waals surface area (Å²) in [4.78, 5) is 14.0. The number of unbranched alkanes of at least 4 members (excludes halogenated alkanes) is 1. The quantitative estimate of drug-likeness (QED) is 0.675. The van der Waals surface area contributed by atoms with E-state index < -0.39 is 0 Å². The molecular formula is C16H25ClN2O2. The molecule has 1 aromatic rings. The van der Waals surface area contributed by atoms with Crippen molar-refractivity contribution in [1.29, 1.82) is 0 Å². The van der Waals surface area contributed by atoms with Gasteiger partial charge in [-0.3, -0.25) is 4.79 Å². The SMILES string of the molecule is CCN(CC)CCCCNC(=O)COc1ccc(Cl)cc1. The summed E-state index contributed by atoms with van der Waals surface area (Å²) in [6, 6.07) is 6.98. The second kappa shape index (κ2) is 10.5. The molecule has 0 aromatic heterocycles. The molecule has 0 radical (unpaired) electrons. The van der Waals surface area contributed by atoms with Crippen LogP contribution in [0, 0.1) is 0 Å². The van der Waals surface area contributed by atoms with Crippen LogP contribution < -0.4 is 10.1 Å². The number of nitrogens with zero attached hydrogens (tertiary/aromatic N) is 1. The summed E-state index contributed by atoms with van der Waals surface area (Å²) in [5.74, 6) is 0.559. The second-order valence-electron chi connectivity index (χ2n) is 4.83. The lowest BCUT2D eigenvalue weighted by molar-refractivity contribution is -0.123. The van der Waals surface area contributed by atoms with E-state index in [4.69, 9.17) is 16.3 Å². The fraction of sp³-hybridized carbons (Fsp3) is 0.562. The molecular weight excluding hydrogens is 288 g/mol. The highest BCUT2D eigenvalue weighted by Crippen LogP contribution is 2.15. The number of hydrogen-bond acceptors (Lipinski definition) is 3. The first-order valence-electron chi connectivity index (χ1n) is 7.53. The van der Waals surface area contributed by atoms with Gasteiger partial charge < -0.3 is 15.0 Å². The molecule has 21 heavy (non-hydrogen) atoms.